The van der Waals surface area contributed by atoms with E-state index in [0.29, 0.717) is 10.6 Å². The molecule has 0 radical (unpaired) electrons. The summed E-state index contributed by atoms with van der Waals surface area (Å²) >= 11 is 5.84. The van der Waals surface area contributed by atoms with E-state index < -0.39 is 38.2 Å². The molecule has 0 bridgehead atoms. The molecule has 2 N–H and O–H groups in total. The van der Waals surface area contributed by atoms with Gasteiger partial charge in [-0.25, -0.2) is 12.8 Å². The van der Waals surface area contributed by atoms with Crippen LogP contribution in [-0.4, -0.2) is 32.8 Å². The highest BCUT2D eigenvalue weighted by atomic mass is 35.5. The third-order valence-corrected chi connectivity index (χ3v) is 7.48. The van der Waals surface area contributed by atoms with E-state index in [2.05, 4.69) is 0 Å². The van der Waals surface area contributed by atoms with Crippen molar-refractivity contribution in [2.45, 2.75) is 23.0 Å². The lowest BCUT2D eigenvalue weighted by atomic mass is 9.99. The van der Waals surface area contributed by atoms with Crippen LogP contribution in [-0.2, 0) is 19.4 Å². The van der Waals surface area contributed by atoms with Gasteiger partial charge in [-0.3, -0.25) is 4.79 Å². The van der Waals surface area contributed by atoms with Gasteiger partial charge >= 0.3 is 5.97 Å². The number of carbonyl (C=O) groups is 1. The van der Waals surface area contributed by atoms with Crippen LogP contribution in [0.1, 0.15) is 18.4 Å². The van der Waals surface area contributed by atoms with Crippen molar-refractivity contribution in [3.63, 3.8) is 0 Å². The van der Waals surface area contributed by atoms with Crippen molar-refractivity contribution in [1.82, 2.24) is 0 Å². The van der Waals surface area contributed by atoms with Crippen LogP contribution in [0.5, 0.6) is 0 Å². The Morgan fingerprint density at radius 2 is 1.93 bits per heavy atom. The molecule has 0 aromatic heterocycles. The molecule has 3 rings (SSSR count). The molecule has 1 fully saturated rings. The van der Waals surface area contributed by atoms with Crippen molar-refractivity contribution in [2.24, 2.45) is 11.1 Å². The second-order valence-electron chi connectivity index (χ2n) is 6.42. The topological polar surface area (TPSA) is 86.5 Å². The third kappa shape index (κ3) is 3.24. The summed E-state index contributed by atoms with van der Waals surface area (Å²) in [4.78, 5) is 12.7. The Morgan fingerprint density at radius 1 is 1.26 bits per heavy atom. The van der Waals surface area contributed by atoms with E-state index in [4.69, 9.17) is 22.1 Å². The Hall–Kier alpha value is -1.96. The van der Waals surface area contributed by atoms with Gasteiger partial charge in [-0.2, -0.15) is 0 Å². The number of carbonyl (C=O) groups excluding carboxylic acids is 1. The van der Waals surface area contributed by atoms with E-state index in [1.165, 1.54) is 42.5 Å². The van der Waals surface area contributed by atoms with Crippen molar-refractivity contribution in [3.05, 3.63) is 64.9 Å². The molecule has 1 saturated carbocycles. The highest BCUT2D eigenvalue weighted by Crippen LogP contribution is 2.64. The van der Waals surface area contributed by atoms with Crippen molar-refractivity contribution in [1.29, 1.82) is 0 Å². The largest absolute Gasteiger partial charge is 0.465 e. The molecule has 3 unspecified atom stereocenters. The van der Waals surface area contributed by atoms with Crippen molar-refractivity contribution < 1.29 is 22.3 Å². The van der Waals surface area contributed by atoms with Crippen LogP contribution < -0.4 is 5.73 Å². The summed E-state index contributed by atoms with van der Waals surface area (Å²) in [5.74, 6) is -2.00. The standard InChI is InChI=1S/C19H19ClFNO4S/c1-2-26-18(23)19(11-22)16(12-4-3-5-14(21)10-12)17(19)27(24,25)15-8-6-13(20)7-9-15/h3-10,16-17H,2,11,22H2,1H3. The summed E-state index contributed by atoms with van der Waals surface area (Å²) in [7, 11) is -3.94. The van der Waals surface area contributed by atoms with Crippen molar-refractivity contribution in [2.75, 3.05) is 13.2 Å². The molecule has 0 saturated heterocycles. The molecule has 5 nitrogen and oxygen atoms in total. The fraction of sp³-hybridized carbons (Fsp3) is 0.316. The van der Waals surface area contributed by atoms with Gasteiger partial charge in [0.05, 0.1) is 16.8 Å². The molecule has 1 aliphatic rings. The molecule has 0 spiro atoms. The summed E-state index contributed by atoms with van der Waals surface area (Å²) in [5.41, 5.74) is 4.82. The maximum absolute atomic E-state index is 13.7. The smallest absolute Gasteiger partial charge is 0.315 e. The number of benzene rings is 2. The van der Waals surface area contributed by atoms with Gasteiger partial charge < -0.3 is 10.5 Å². The van der Waals surface area contributed by atoms with Gasteiger partial charge in [-0.1, -0.05) is 23.7 Å². The zero-order valence-corrected chi connectivity index (χ0v) is 16.1. The van der Waals surface area contributed by atoms with Gasteiger partial charge in [0, 0.05) is 17.5 Å². The van der Waals surface area contributed by atoms with Crippen molar-refractivity contribution in [3.8, 4) is 0 Å². The van der Waals surface area contributed by atoms with Gasteiger partial charge in [0.25, 0.3) is 0 Å². The van der Waals surface area contributed by atoms with Crippen LogP contribution in [0.2, 0.25) is 5.02 Å². The molecular weight excluding hydrogens is 393 g/mol. The average Bonchev–Trinajstić information content (AvgIpc) is 3.34. The lowest BCUT2D eigenvalue weighted by Crippen LogP contribution is -2.33. The molecule has 8 heteroatoms. The number of esters is 1. The Kier molecular flexibility index (Phi) is 5.29. The minimum atomic E-state index is -3.94. The monoisotopic (exact) mass is 411 g/mol. The molecule has 0 amide bonds. The fourth-order valence-electron chi connectivity index (χ4n) is 3.64. The molecule has 0 aliphatic heterocycles. The summed E-state index contributed by atoms with van der Waals surface area (Å²) in [6.07, 6.45) is 0. The number of ether oxygens (including phenoxy) is 1. The van der Waals surface area contributed by atoms with Gasteiger partial charge in [0.1, 0.15) is 11.2 Å². The van der Waals surface area contributed by atoms with Crippen LogP contribution in [0, 0.1) is 11.2 Å². The molecule has 144 valence electrons. The van der Waals surface area contributed by atoms with Crippen LogP contribution in [0.15, 0.2) is 53.4 Å². The van der Waals surface area contributed by atoms with Crippen LogP contribution in [0.4, 0.5) is 4.39 Å². The second kappa shape index (κ2) is 7.22. The number of halogens is 2. The normalized spacial score (nSPS) is 24.4. The fourth-order valence-corrected chi connectivity index (χ4v) is 6.15. The second-order valence-corrected chi connectivity index (χ2v) is 8.92. The lowest BCUT2D eigenvalue weighted by Gasteiger charge is -2.14. The van der Waals surface area contributed by atoms with E-state index in [1.54, 1.807) is 13.0 Å². The van der Waals surface area contributed by atoms with Crippen LogP contribution >= 0.6 is 11.6 Å². The quantitative estimate of drug-likeness (QED) is 0.738. The van der Waals surface area contributed by atoms with Crippen LogP contribution in [0.25, 0.3) is 0 Å². The summed E-state index contributed by atoms with van der Waals surface area (Å²) in [6.45, 7) is 1.49. The lowest BCUT2D eigenvalue weighted by molar-refractivity contribution is -0.149. The van der Waals surface area contributed by atoms with Crippen LogP contribution in [0.3, 0.4) is 0 Å². The molecule has 2 aromatic rings. The van der Waals surface area contributed by atoms with E-state index >= 15 is 0 Å². The summed E-state index contributed by atoms with van der Waals surface area (Å²) in [6, 6.07) is 11.2. The maximum Gasteiger partial charge on any atom is 0.315 e. The van der Waals surface area contributed by atoms with Gasteiger partial charge in [0.15, 0.2) is 9.84 Å². The predicted molar refractivity (Wildman–Crippen MR) is 99.7 cm³/mol. The molecule has 0 heterocycles. The third-order valence-electron chi connectivity index (χ3n) is 4.93. The predicted octanol–water partition coefficient (Wildman–Crippen LogP) is 2.93. The maximum atomic E-state index is 13.7. The molecule has 27 heavy (non-hydrogen) atoms. The van der Waals surface area contributed by atoms with Gasteiger partial charge in [0.2, 0.25) is 0 Å². The summed E-state index contributed by atoms with van der Waals surface area (Å²) < 4.78 is 45.4. The Labute approximate surface area is 162 Å². The van der Waals surface area contributed by atoms with Gasteiger partial charge in [-0.05, 0) is 48.9 Å². The van der Waals surface area contributed by atoms with Crippen molar-refractivity contribution >= 4 is 27.4 Å². The summed E-state index contributed by atoms with van der Waals surface area (Å²) in [5, 5.41) is -0.751. The minimum absolute atomic E-state index is 0.0259. The Morgan fingerprint density at radius 3 is 2.48 bits per heavy atom. The number of hydrogen-bond acceptors (Lipinski definition) is 5. The zero-order valence-electron chi connectivity index (χ0n) is 14.6. The van der Waals surface area contributed by atoms with E-state index in [-0.39, 0.29) is 18.0 Å². The first-order valence-corrected chi connectivity index (χ1v) is 10.3. The number of hydrogen-bond donors (Lipinski definition) is 1. The minimum Gasteiger partial charge on any atom is -0.465 e. The van der Waals surface area contributed by atoms with E-state index in [0.717, 1.165) is 0 Å². The highest BCUT2D eigenvalue weighted by molar-refractivity contribution is 7.92. The van der Waals surface area contributed by atoms with E-state index in [1.807, 2.05) is 0 Å². The number of sulfone groups is 1. The molecule has 3 atom stereocenters. The SMILES string of the molecule is CCOC(=O)C1(CN)C(c2cccc(F)c2)C1S(=O)(=O)c1ccc(Cl)cc1. The highest BCUT2D eigenvalue weighted by Gasteiger charge is 2.75. The number of nitrogens with two attached hydrogens (primary N) is 1. The first kappa shape index (κ1) is 19.8. The zero-order chi connectivity index (χ0) is 19.8. The molecular formula is C19H19ClFNO4S. The Bertz CT molecular complexity index is 964. The van der Waals surface area contributed by atoms with E-state index in [9.17, 15) is 17.6 Å². The molecule has 2 aromatic carbocycles. The van der Waals surface area contributed by atoms with Gasteiger partial charge in [-0.15, -0.1) is 0 Å². The first-order valence-electron chi connectivity index (χ1n) is 8.41. The average molecular weight is 412 g/mol. The number of rotatable bonds is 6. The Balaban J connectivity index is 2.12. The first-order chi connectivity index (χ1) is 12.8. The molecule has 1 aliphatic carbocycles.